The van der Waals surface area contributed by atoms with Gasteiger partial charge < -0.3 is 10.1 Å². The molecule has 0 aliphatic carbocycles. The highest BCUT2D eigenvalue weighted by Gasteiger charge is 2.36. The molecule has 0 radical (unpaired) electrons. The fourth-order valence-electron chi connectivity index (χ4n) is 3.56. The van der Waals surface area contributed by atoms with Gasteiger partial charge in [-0.3, -0.25) is 14.5 Å². The molecular weight excluding hydrogens is 356 g/mol. The number of rotatable bonds is 4. The predicted molar refractivity (Wildman–Crippen MR) is 107 cm³/mol. The highest BCUT2D eigenvalue weighted by Crippen LogP contribution is 2.38. The van der Waals surface area contributed by atoms with Crippen LogP contribution >= 0.6 is 0 Å². The summed E-state index contributed by atoms with van der Waals surface area (Å²) >= 11 is 0. The van der Waals surface area contributed by atoms with Gasteiger partial charge in [0.1, 0.15) is 6.04 Å². The van der Waals surface area contributed by atoms with Crippen molar-refractivity contribution in [2.24, 2.45) is 0 Å². The van der Waals surface area contributed by atoms with Gasteiger partial charge in [-0.05, 0) is 36.6 Å². The largest absolute Gasteiger partial charge is 0.465 e. The molecule has 28 heavy (non-hydrogen) atoms. The number of methoxy groups -OCH3 is 1. The number of ether oxygens (including phenoxy) is 1. The van der Waals surface area contributed by atoms with E-state index >= 15 is 0 Å². The molecule has 1 atom stereocenters. The second-order valence-electron chi connectivity index (χ2n) is 6.56. The number of hydrogen-bond acceptors (Lipinski definition) is 4. The molecule has 6 nitrogen and oxygen atoms in total. The number of hydrogen-bond donors (Lipinski definition) is 1. The van der Waals surface area contributed by atoms with Crippen LogP contribution in [0.2, 0.25) is 0 Å². The van der Waals surface area contributed by atoms with Crippen molar-refractivity contribution in [3.8, 4) is 0 Å². The maximum atomic E-state index is 13.0. The van der Waals surface area contributed by atoms with Crippen LogP contribution in [0.5, 0.6) is 0 Å². The summed E-state index contributed by atoms with van der Waals surface area (Å²) in [5, 5.41) is 4.55. The number of nitrogens with zero attached hydrogens (tertiary/aromatic N) is 1. The fourth-order valence-corrected chi connectivity index (χ4v) is 3.56. The van der Waals surface area contributed by atoms with E-state index in [1.165, 1.54) is 12.0 Å². The minimum Gasteiger partial charge on any atom is -0.465 e. The third-order valence-electron chi connectivity index (χ3n) is 4.95. The average molecular weight is 374 g/mol. The standard InChI is InChI=1S/C22H18N2O4/c1-13(20(25)23-17-11-4-3-9-15(17)22(27)28-2)24-18-12-6-8-14-7-5-10-16(19(14)18)21(24)26/h3-13H,1-2H3,(H,23,25)/t13-/m0/s1. The molecule has 0 saturated heterocycles. The Hall–Kier alpha value is -3.67. The summed E-state index contributed by atoms with van der Waals surface area (Å²) in [6.45, 7) is 1.67. The number of carbonyl (C=O) groups is 3. The molecule has 1 N–H and O–H groups in total. The molecule has 1 aliphatic heterocycles. The first kappa shape index (κ1) is 17.7. The lowest BCUT2D eigenvalue weighted by molar-refractivity contribution is -0.117. The normalized spacial score (nSPS) is 13.5. The summed E-state index contributed by atoms with van der Waals surface area (Å²) in [4.78, 5) is 39.3. The van der Waals surface area contributed by atoms with E-state index in [-0.39, 0.29) is 11.5 Å². The van der Waals surface area contributed by atoms with Crippen LogP contribution in [0.25, 0.3) is 10.8 Å². The van der Waals surface area contributed by atoms with Gasteiger partial charge in [-0.1, -0.05) is 36.4 Å². The molecule has 1 heterocycles. The van der Waals surface area contributed by atoms with E-state index in [0.29, 0.717) is 16.9 Å². The maximum Gasteiger partial charge on any atom is 0.339 e. The van der Waals surface area contributed by atoms with Gasteiger partial charge in [0.2, 0.25) is 5.91 Å². The maximum absolute atomic E-state index is 13.0. The summed E-state index contributed by atoms with van der Waals surface area (Å²) < 4.78 is 4.76. The summed E-state index contributed by atoms with van der Waals surface area (Å²) in [5.41, 5.74) is 1.89. The van der Waals surface area contributed by atoms with Gasteiger partial charge in [0, 0.05) is 10.9 Å². The van der Waals surface area contributed by atoms with Crippen molar-refractivity contribution in [1.29, 1.82) is 0 Å². The zero-order valence-electron chi connectivity index (χ0n) is 15.4. The third kappa shape index (κ3) is 2.70. The second-order valence-corrected chi connectivity index (χ2v) is 6.56. The van der Waals surface area contributed by atoms with E-state index in [1.54, 1.807) is 37.3 Å². The highest BCUT2D eigenvalue weighted by atomic mass is 16.5. The molecule has 0 aromatic heterocycles. The number of nitrogens with one attached hydrogen (secondary N) is 1. The van der Waals surface area contributed by atoms with Gasteiger partial charge in [-0.25, -0.2) is 4.79 Å². The molecule has 3 aromatic carbocycles. The molecule has 0 spiro atoms. The molecule has 0 bridgehead atoms. The number of para-hydroxylation sites is 1. The van der Waals surface area contributed by atoms with E-state index in [0.717, 1.165) is 10.8 Å². The zero-order chi connectivity index (χ0) is 19.8. The molecule has 4 rings (SSSR count). The Bertz CT molecular complexity index is 1120. The molecule has 1 aliphatic rings. The van der Waals surface area contributed by atoms with Crippen molar-refractivity contribution in [3.63, 3.8) is 0 Å². The SMILES string of the molecule is COC(=O)c1ccccc1NC(=O)[C@H](C)N1C(=O)c2cccc3cccc1c23. The van der Waals surface area contributed by atoms with Crippen LogP contribution in [0.15, 0.2) is 60.7 Å². The van der Waals surface area contributed by atoms with Gasteiger partial charge in [0.15, 0.2) is 0 Å². The van der Waals surface area contributed by atoms with Gasteiger partial charge in [0.05, 0.1) is 24.0 Å². The molecule has 0 saturated carbocycles. The first-order valence-corrected chi connectivity index (χ1v) is 8.86. The van der Waals surface area contributed by atoms with E-state index in [4.69, 9.17) is 4.74 Å². The fraction of sp³-hybridized carbons (Fsp3) is 0.136. The lowest BCUT2D eigenvalue weighted by Crippen LogP contribution is -2.44. The van der Waals surface area contributed by atoms with Crippen molar-refractivity contribution in [1.82, 2.24) is 0 Å². The Morgan fingerprint density at radius 2 is 1.71 bits per heavy atom. The minimum absolute atomic E-state index is 0.212. The quantitative estimate of drug-likeness (QED) is 0.708. The van der Waals surface area contributed by atoms with Crippen molar-refractivity contribution < 1.29 is 19.1 Å². The molecule has 2 amide bonds. The Kier molecular flexibility index (Phi) is 4.31. The number of esters is 1. The zero-order valence-corrected chi connectivity index (χ0v) is 15.4. The average Bonchev–Trinajstić information content (AvgIpc) is 3.01. The van der Waals surface area contributed by atoms with Crippen LogP contribution in [0.4, 0.5) is 11.4 Å². The van der Waals surface area contributed by atoms with Crippen molar-refractivity contribution >= 4 is 39.9 Å². The molecule has 0 fully saturated rings. The summed E-state index contributed by atoms with van der Waals surface area (Å²) in [6.07, 6.45) is 0. The lowest BCUT2D eigenvalue weighted by Gasteiger charge is -2.25. The Morgan fingerprint density at radius 1 is 1.00 bits per heavy atom. The van der Waals surface area contributed by atoms with Gasteiger partial charge in [-0.2, -0.15) is 0 Å². The van der Waals surface area contributed by atoms with Crippen LogP contribution in [0, 0.1) is 0 Å². The Balaban J connectivity index is 1.66. The number of amides is 2. The lowest BCUT2D eigenvalue weighted by atomic mass is 10.1. The van der Waals surface area contributed by atoms with Gasteiger partial charge in [-0.15, -0.1) is 0 Å². The van der Waals surface area contributed by atoms with E-state index in [2.05, 4.69) is 5.32 Å². The number of anilines is 2. The van der Waals surface area contributed by atoms with E-state index in [9.17, 15) is 14.4 Å². The van der Waals surface area contributed by atoms with Crippen LogP contribution < -0.4 is 10.2 Å². The van der Waals surface area contributed by atoms with Crippen LogP contribution in [0.1, 0.15) is 27.6 Å². The molecule has 0 unspecified atom stereocenters. The van der Waals surface area contributed by atoms with Crippen LogP contribution in [-0.4, -0.2) is 30.9 Å². The monoisotopic (exact) mass is 374 g/mol. The minimum atomic E-state index is -0.767. The summed E-state index contributed by atoms with van der Waals surface area (Å²) in [5.74, 6) is -1.15. The van der Waals surface area contributed by atoms with Crippen LogP contribution in [0.3, 0.4) is 0 Å². The topological polar surface area (TPSA) is 75.7 Å². The molecule has 6 heteroatoms. The molecule has 140 valence electrons. The second kappa shape index (κ2) is 6.81. The first-order chi connectivity index (χ1) is 13.5. The molecule has 3 aromatic rings. The van der Waals surface area contributed by atoms with Crippen molar-refractivity contribution in [2.75, 3.05) is 17.3 Å². The van der Waals surface area contributed by atoms with Gasteiger partial charge >= 0.3 is 5.97 Å². The summed E-state index contributed by atoms with van der Waals surface area (Å²) in [7, 11) is 1.28. The highest BCUT2D eigenvalue weighted by molar-refractivity contribution is 6.27. The third-order valence-corrected chi connectivity index (χ3v) is 4.95. The predicted octanol–water partition coefficient (Wildman–Crippen LogP) is 3.61. The number of benzene rings is 3. The number of carbonyl (C=O) groups excluding carboxylic acids is 3. The van der Waals surface area contributed by atoms with Crippen molar-refractivity contribution in [2.45, 2.75) is 13.0 Å². The van der Waals surface area contributed by atoms with E-state index < -0.39 is 17.9 Å². The smallest absolute Gasteiger partial charge is 0.339 e. The van der Waals surface area contributed by atoms with Crippen LogP contribution in [-0.2, 0) is 9.53 Å². The summed E-state index contributed by atoms with van der Waals surface area (Å²) in [6, 6.07) is 17.0. The van der Waals surface area contributed by atoms with E-state index in [1.807, 2.05) is 30.3 Å². The first-order valence-electron chi connectivity index (χ1n) is 8.86. The van der Waals surface area contributed by atoms with Crippen molar-refractivity contribution in [3.05, 3.63) is 71.8 Å². The Labute approximate surface area is 161 Å². The molecular formula is C22H18N2O4. The van der Waals surface area contributed by atoms with Gasteiger partial charge in [0.25, 0.3) is 5.91 Å². The Morgan fingerprint density at radius 3 is 2.46 bits per heavy atom.